The van der Waals surface area contributed by atoms with Crippen molar-refractivity contribution in [1.82, 2.24) is 0 Å². The van der Waals surface area contributed by atoms with E-state index >= 15 is 0 Å². The summed E-state index contributed by atoms with van der Waals surface area (Å²) in [5.41, 5.74) is 0. The minimum atomic E-state index is -0.877. The number of rotatable bonds is 6. The molecule has 6 nitrogen and oxygen atoms in total. The zero-order valence-corrected chi connectivity index (χ0v) is 11.4. The molecule has 0 N–H and O–H groups in total. The average Bonchev–Trinajstić information content (AvgIpc) is 1.81. The largest absolute Gasteiger partial charge is 0.542 e. The predicted octanol–water partition coefficient (Wildman–Crippen LogP) is -0.233. The van der Waals surface area contributed by atoms with Gasteiger partial charge in [-0.15, -0.1) is 16.5 Å². The average molecular weight is 279 g/mol. The molecule has 0 aliphatic carbocycles. The molecule has 1 unspecified atom stereocenters. The third-order valence-corrected chi connectivity index (χ3v) is 1.30. The molecule has 0 heterocycles. The Labute approximate surface area is 108 Å². The molecule has 0 saturated heterocycles. The quantitative estimate of drug-likeness (QED) is 0.291. The van der Waals surface area contributed by atoms with Crippen molar-refractivity contribution in [3.05, 3.63) is 10.1 Å². The zero-order chi connectivity index (χ0) is 10.5. The smallest absolute Gasteiger partial charge is 0.294 e. The fraction of sp³-hybridized carbons (Fsp3) is 0.857. The molecule has 1 radical (unpaired) electrons. The Morgan fingerprint density at radius 3 is 2.29 bits per heavy atom. The maximum atomic E-state index is 10.0. The Hall–Kier alpha value is -0.0661. The van der Waals surface area contributed by atoms with Crippen LogP contribution in [-0.2, 0) is 42.3 Å². The second-order valence-corrected chi connectivity index (χ2v) is 3.77. The van der Waals surface area contributed by atoms with Crippen LogP contribution in [0.5, 0.6) is 0 Å². The Balaban J connectivity index is 0. The van der Waals surface area contributed by atoms with Crippen molar-refractivity contribution >= 4 is 6.29 Å². The normalized spacial score (nSPS) is 12.5. The first kappa shape index (κ1) is 16.4. The molecule has 0 amide bonds. The Kier molecular flexibility index (Phi) is 8.48. The molecule has 0 spiro atoms. The van der Waals surface area contributed by atoms with Crippen LogP contribution in [0.25, 0.3) is 0 Å². The van der Waals surface area contributed by atoms with Crippen molar-refractivity contribution in [2.75, 3.05) is 27.7 Å². The molecule has 0 saturated carbocycles. The summed E-state index contributed by atoms with van der Waals surface area (Å²) < 4.78 is 0.500. The van der Waals surface area contributed by atoms with E-state index in [2.05, 4.69) is 4.84 Å². The molecular weight excluding hydrogens is 265 g/mol. The number of quaternary nitrogens is 1. The van der Waals surface area contributed by atoms with Crippen LogP contribution in [0.4, 0.5) is 0 Å². The van der Waals surface area contributed by atoms with Gasteiger partial charge in [0.05, 0.1) is 21.1 Å². The van der Waals surface area contributed by atoms with E-state index in [-0.39, 0.29) is 39.1 Å². The fourth-order valence-corrected chi connectivity index (χ4v) is 0.961. The van der Waals surface area contributed by atoms with Gasteiger partial charge in [0.15, 0.2) is 0 Å². The molecule has 0 aromatic rings. The first-order chi connectivity index (χ1) is 5.85. The van der Waals surface area contributed by atoms with E-state index in [4.69, 9.17) is 0 Å². The SMILES string of the molecule is C[N+](C)(C)CC(C[C-]=O)O[N+](=O)[O-].[Y]. The third-order valence-electron chi connectivity index (χ3n) is 1.30. The van der Waals surface area contributed by atoms with Crippen LogP contribution in [-0.4, -0.2) is 49.6 Å². The van der Waals surface area contributed by atoms with Gasteiger partial charge in [-0.3, -0.25) is 6.29 Å². The minimum Gasteiger partial charge on any atom is -0.542 e. The fourth-order valence-electron chi connectivity index (χ4n) is 0.961. The Bertz CT molecular complexity index is 193. The molecule has 79 valence electrons. The summed E-state index contributed by atoms with van der Waals surface area (Å²) in [6, 6.07) is 0. The molecule has 0 fully saturated rings. The summed E-state index contributed by atoms with van der Waals surface area (Å²) in [5.74, 6) is 0. The Morgan fingerprint density at radius 2 is 2.00 bits per heavy atom. The van der Waals surface area contributed by atoms with E-state index in [1.54, 1.807) is 6.29 Å². The van der Waals surface area contributed by atoms with Crippen LogP contribution in [0.1, 0.15) is 6.42 Å². The van der Waals surface area contributed by atoms with Crippen molar-refractivity contribution in [3.63, 3.8) is 0 Å². The summed E-state index contributed by atoms with van der Waals surface area (Å²) in [7, 11) is 5.59. The Morgan fingerprint density at radius 1 is 1.50 bits per heavy atom. The number of nitrogens with zero attached hydrogens (tertiary/aromatic N) is 2. The molecule has 7 heteroatoms. The second-order valence-electron chi connectivity index (χ2n) is 3.77. The molecule has 0 rings (SSSR count). The van der Waals surface area contributed by atoms with Crippen molar-refractivity contribution in [2.45, 2.75) is 12.5 Å². The van der Waals surface area contributed by atoms with Gasteiger partial charge in [-0.2, -0.15) is 0 Å². The van der Waals surface area contributed by atoms with Crippen LogP contribution in [0, 0.1) is 10.1 Å². The molecule has 0 aromatic carbocycles. The standard InChI is InChI=1S/C7H14N2O4.Y/c1-9(2,3)6-7(4-5-10)13-8(11)12;/h7H,4,6H2,1-3H3;. The van der Waals surface area contributed by atoms with Gasteiger partial charge in [0.25, 0.3) is 5.09 Å². The van der Waals surface area contributed by atoms with Crippen molar-refractivity contribution in [1.29, 1.82) is 0 Å². The molecule has 0 bridgehead atoms. The van der Waals surface area contributed by atoms with Gasteiger partial charge in [0.2, 0.25) is 0 Å². The first-order valence-corrected chi connectivity index (χ1v) is 3.82. The predicted molar refractivity (Wildman–Crippen MR) is 45.1 cm³/mol. The van der Waals surface area contributed by atoms with Gasteiger partial charge in [-0.05, 0) is 0 Å². The van der Waals surface area contributed by atoms with E-state index in [1.165, 1.54) is 0 Å². The van der Waals surface area contributed by atoms with Crippen LogP contribution in [0.15, 0.2) is 0 Å². The van der Waals surface area contributed by atoms with E-state index in [0.717, 1.165) is 0 Å². The third kappa shape index (κ3) is 10.0. The summed E-state index contributed by atoms with van der Waals surface area (Å²) in [6.45, 7) is 0.399. The minimum absolute atomic E-state index is 0. The van der Waals surface area contributed by atoms with Gasteiger partial charge in [-0.25, -0.2) is 0 Å². The molecule has 0 aromatic heterocycles. The molecule has 14 heavy (non-hydrogen) atoms. The van der Waals surface area contributed by atoms with Crippen LogP contribution >= 0.6 is 0 Å². The van der Waals surface area contributed by atoms with E-state index < -0.39 is 11.2 Å². The van der Waals surface area contributed by atoms with E-state index in [0.29, 0.717) is 11.0 Å². The second kappa shape index (κ2) is 7.26. The number of hydrogen-bond donors (Lipinski definition) is 0. The van der Waals surface area contributed by atoms with Crippen molar-refractivity contribution in [2.24, 2.45) is 0 Å². The molecular formula is C7H14N2O4Y. The summed E-state index contributed by atoms with van der Waals surface area (Å²) >= 11 is 0. The monoisotopic (exact) mass is 279 g/mol. The zero-order valence-electron chi connectivity index (χ0n) is 8.60. The number of carbonyl (C=O) groups excluding carboxylic acids is 1. The van der Waals surface area contributed by atoms with Gasteiger partial charge in [0, 0.05) is 32.7 Å². The van der Waals surface area contributed by atoms with E-state index in [1.807, 2.05) is 21.1 Å². The summed E-state index contributed by atoms with van der Waals surface area (Å²) in [5, 5.41) is 9.14. The van der Waals surface area contributed by atoms with E-state index in [9.17, 15) is 14.9 Å². The maximum absolute atomic E-state index is 10.0. The van der Waals surface area contributed by atoms with Crippen LogP contribution in [0.2, 0.25) is 0 Å². The van der Waals surface area contributed by atoms with Gasteiger partial charge < -0.3 is 14.1 Å². The topological polar surface area (TPSA) is 69.4 Å². The van der Waals surface area contributed by atoms with Gasteiger partial charge in [-0.1, -0.05) is 0 Å². The molecule has 1 atom stereocenters. The van der Waals surface area contributed by atoms with Crippen LogP contribution < -0.4 is 0 Å². The molecule has 0 aliphatic rings. The number of likely N-dealkylation sites (N-methyl/N-ethyl adjacent to an activating group) is 1. The maximum Gasteiger partial charge on any atom is 0.294 e. The molecule has 0 aliphatic heterocycles. The summed E-state index contributed by atoms with van der Waals surface area (Å²) in [6.07, 6.45) is 0.832. The van der Waals surface area contributed by atoms with Crippen LogP contribution in [0.3, 0.4) is 0 Å². The van der Waals surface area contributed by atoms with Gasteiger partial charge >= 0.3 is 0 Å². The van der Waals surface area contributed by atoms with Crippen molar-refractivity contribution < 1.29 is 51.9 Å². The number of hydrogen-bond acceptors (Lipinski definition) is 4. The van der Waals surface area contributed by atoms with Crippen molar-refractivity contribution in [3.8, 4) is 0 Å². The first-order valence-electron chi connectivity index (χ1n) is 3.82. The van der Waals surface area contributed by atoms with Gasteiger partial charge in [0.1, 0.15) is 12.6 Å². The summed E-state index contributed by atoms with van der Waals surface area (Å²) in [4.78, 5) is 24.4.